The van der Waals surface area contributed by atoms with E-state index in [0.717, 1.165) is 23.9 Å². The van der Waals surface area contributed by atoms with Crippen molar-refractivity contribution in [1.82, 2.24) is 0 Å². The van der Waals surface area contributed by atoms with Crippen molar-refractivity contribution in [2.45, 2.75) is 0 Å². The quantitative estimate of drug-likeness (QED) is 0.514. The molecule has 0 saturated heterocycles. The van der Waals surface area contributed by atoms with Crippen LogP contribution in [0.5, 0.6) is 0 Å². The number of hydrogen-bond acceptors (Lipinski definition) is 3. The van der Waals surface area contributed by atoms with E-state index in [2.05, 4.69) is 10.6 Å². The molecule has 20 heavy (non-hydrogen) atoms. The molecule has 5 nitrogen and oxygen atoms in total. The molecule has 0 aliphatic heterocycles. The summed E-state index contributed by atoms with van der Waals surface area (Å²) in [5.74, 6) is -0.618. The van der Waals surface area contributed by atoms with Crippen LogP contribution in [0.1, 0.15) is 0 Å². The van der Waals surface area contributed by atoms with Crippen molar-refractivity contribution in [3.63, 3.8) is 0 Å². The van der Waals surface area contributed by atoms with Crippen LogP contribution in [0.25, 0.3) is 0 Å². The lowest BCUT2D eigenvalue weighted by molar-refractivity contribution is -0.384. The third-order valence-corrected chi connectivity index (χ3v) is 2.64. The first-order valence-electron chi connectivity index (χ1n) is 5.63. The van der Waals surface area contributed by atoms with Gasteiger partial charge in [-0.15, -0.1) is 0 Å². The van der Waals surface area contributed by atoms with Crippen LogP contribution >= 0.6 is 12.2 Å². The summed E-state index contributed by atoms with van der Waals surface area (Å²) in [5.41, 5.74) is 0.472. The van der Waals surface area contributed by atoms with Crippen LogP contribution in [0.3, 0.4) is 0 Å². The van der Waals surface area contributed by atoms with Gasteiger partial charge in [0.1, 0.15) is 5.82 Å². The van der Waals surface area contributed by atoms with Gasteiger partial charge in [-0.25, -0.2) is 4.39 Å². The number of para-hydroxylation sites is 1. The number of thiocarbonyl (C=S) groups is 1. The molecule has 2 aromatic carbocycles. The number of nitrogens with one attached hydrogen (secondary N) is 2. The van der Waals surface area contributed by atoms with Crippen molar-refractivity contribution < 1.29 is 9.31 Å². The van der Waals surface area contributed by atoms with Gasteiger partial charge < -0.3 is 10.6 Å². The van der Waals surface area contributed by atoms with E-state index in [0.29, 0.717) is 0 Å². The number of non-ortho nitro benzene ring substituents is 1. The van der Waals surface area contributed by atoms with Crippen LogP contribution in [0.4, 0.5) is 21.5 Å². The molecular formula is C13H10FN3O2S. The molecule has 0 heterocycles. The van der Waals surface area contributed by atoms with E-state index in [4.69, 9.17) is 12.2 Å². The van der Waals surface area contributed by atoms with E-state index in [9.17, 15) is 14.5 Å². The number of nitro groups is 1. The summed E-state index contributed by atoms with van der Waals surface area (Å²) < 4.78 is 13.6. The van der Waals surface area contributed by atoms with Gasteiger partial charge in [0, 0.05) is 17.8 Å². The van der Waals surface area contributed by atoms with Crippen molar-refractivity contribution in [3.05, 3.63) is 64.5 Å². The van der Waals surface area contributed by atoms with Crippen molar-refractivity contribution >= 4 is 34.4 Å². The van der Waals surface area contributed by atoms with Crippen LogP contribution < -0.4 is 10.6 Å². The molecule has 0 fully saturated rings. The van der Waals surface area contributed by atoms with Gasteiger partial charge >= 0.3 is 0 Å². The highest BCUT2D eigenvalue weighted by molar-refractivity contribution is 7.80. The normalized spacial score (nSPS) is 9.85. The van der Waals surface area contributed by atoms with Crippen LogP contribution in [0.2, 0.25) is 0 Å². The number of hydrogen-bond donors (Lipinski definition) is 2. The minimum atomic E-state index is -0.618. The van der Waals surface area contributed by atoms with E-state index in [1.165, 1.54) is 0 Å². The van der Waals surface area contributed by atoms with Gasteiger partial charge in [0.05, 0.1) is 10.6 Å². The highest BCUT2D eigenvalue weighted by atomic mass is 32.1. The lowest BCUT2D eigenvalue weighted by atomic mass is 10.2. The largest absolute Gasteiger partial charge is 0.332 e. The topological polar surface area (TPSA) is 67.2 Å². The van der Waals surface area contributed by atoms with Gasteiger partial charge in [0.2, 0.25) is 0 Å². The highest BCUT2D eigenvalue weighted by Crippen LogP contribution is 2.21. The van der Waals surface area contributed by atoms with Gasteiger partial charge in [0.25, 0.3) is 5.69 Å². The maximum Gasteiger partial charge on any atom is 0.271 e. The summed E-state index contributed by atoms with van der Waals surface area (Å²) in [6.07, 6.45) is 0. The molecule has 102 valence electrons. The fourth-order valence-corrected chi connectivity index (χ4v) is 1.76. The Bertz CT molecular complexity index is 649. The lowest BCUT2D eigenvalue weighted by Gasteiger charge is -2.10. The number of anilines is 2. The zero-order valence-electron chi connectivity index (χ0n) is 10.2. The molecule has 7 heteroatoms. The smallest absolute Gasteiger partial charge is 0.271 e. The number of rotatable bonds is 3. The van der Waals surface area contributed by atoms with Crippen LogP contribution in [-0.4, -0.2) is 10.0 Å². The minimum absolute atomic E-state index is 0.0485. The number of nitrogens with zero attached hydrogens (tertiary/aromatic N) is 1. The Labute approximate surface area is 119 Å². The predicted molar refractivity (Wildman–Crippen MR) is 79.3 cm³/mol. The predicted octanol–water partition coefficient (Wildman–Crippen LogP) is 3.54. The van der Waals surface area contributed by atoms with Gasteiger partial charge in [-0.2, -0.15) is 0 Å². The van der Waals surface area contributed by atoms with Crippen LogP contribution in [0.15, 0.2) is 48.5 Å². The molecule has 2 aromatic rings. The van der Waals surface area contributed by atoms with E-state index < -0.39 is 10.7 Å². The molecule has 0 aliphatic carbocycles. The van der Waals surface area contributed by atoms with Crippen molar-refractivity contribution in [2.75, 3.05) is 10.6 Å². The minimum Gasteiger partial charge on any atom is -0.332 e. The zero-order chi connectivity index (χ0) is 14.5. The maximum atomic E-state index is 13.6. The Morgan fingerprint density at radius 1 is 1.15 bits per heavy atom. The molecule has 0 saturated carbocycles. The number of nitro benzene ring substituents is 1. The lowest BCUT2D eigenvalue weighted by Crippen LogP contribution is -2.19. The SMILES string of the molecule is O=[N+]([O-])c1ccc(F)c(NC(=S)Nc2ccccc2)c1. The third kappa shape index (κ3) is 3.48. The van der Waals surface area contributed by atoms with Gasteiger partial charge in [-0.1, -0.05) is 18.2 Å². The standard InChI is InChI=1S/C13H10FN3O2S/c14-11-7-6-10(17(18)19)8-12(11)16-13(20)15-9-4-2-1-3-5-9/h1-8H,(H2,15,16,20). The second-order valence-electron chi connectivity index (χ2n) is 3.87. The molecule has 0 aromatic heterocycles. The molecule has 0 aliphatic rings. The van der Waals surface area contributed by atoms with Crippen LogP contribution in [-0.2, 0) is 0 Å². The summed E-state index contributed by atoms with van der Waals surface area (Å²) in [6.45, 7) is 0. The van der Waals surface area contributed by atoms with Crippen molar-refractivity contribution in [3.8, 4) is 0 Å². The number of benzene rings is 2. The molecule has 0 bridgehead atoms. The average Bonchev–Trinajstić information content (AvgIpc) is 2.42. The summed E-state index contributed by atoms with van der Waals surface area (Å²) in [6, 6.07) is 12.3. The molecule has 0 atom stereocenters. The zero-order valence-corrected chi connectivity index (χ0v) is 11.0. The Morgan fingerprint density at radius 3 is 2.50 bits per heavy atom. The van der Waals surface area contributed by atoms with E-state index in [1.54, 1.807) is 12.1 Å². The van der Waals surface area contributed by atoms with Crippen LogP contribution in [0, 0.1) is 15.9 Å². The molecular weight excluding hydrogens is 281 g/mol. The summed E-state index contributed by atoms with van der Waals surface area (Å²) >= 11 is 5.03. The summed E-state index contributed by atoms with van der Waals surface area (Å²) in [5, 5.41) is 16.2. The molecule has 0 unspecified atom stereocenters. The fourth-order valence-electron chi connectivity index (χ4n) is 1.53. The van der Waals surface area contributed by atoms with Crippen molar-refractivity contribution in [1.29, 1.82) is 0 Å². The molecule has 0 radical (unpaired) electrons. The third-order valence-electron chi connectivity index (χ3n) is 2.44. The Kier molecular flexibility index (Phi) is 4.21. The summed E-state index contributed by atoms with van der Waals surface area (Å²) in [4.78, 5) is 10.0. The Balaban J connectivity index is 2.11. The van der Waals surface area contributed by atoms with Gasteiger partial charge in [-0.3, -0.25) is 10.1 Å². The van der Waals surface area contributed by atoms with Gasteiger partial charge in [0.15, 0.2) is 5.11 Å². The molecule has 0 amide bonds. The maximum absolute atomic E-state index is 13.6. The Morgan fingerprint density at radius 2 is 1.85 bits per heavy atom. The molecule has 0 spiro atoms. The average molecular weight is 291 g/mol. The number of halogens is 1. The first-order valence-corrected chi connectivity index (χ1v) is 6.04. The summed E-state index contributed by atoms with van der Waals surface area (Å²) in [7, 11) is 0. The van der Waals surface area contributed by atoms with Gasteiger partial charge in [-0.05, 0) is 30.4 Å². The Hall–Kier alpha value is -2.54. The first kappa shape index (κ1) is 13.9. The van der Waals surface area contributed by atoms with E-state index in [-0.39, 0.29) is 16.5 Å². The second-order valence-corrected chi connectivity index (χ2v) is 4.27. The highest BCUT2D eigenvalue weighted by Gasteiger charge is 2.11. The van der Waals surface area contributed by atoms with Crippen molar-refractivity contribution in [2.24, 2.45) is 0 Å². The molecule has 2 rings (SSSR count). The molecule has 2 N–H and O–H groups in total. The second kappa shape index (κ2) is 6.07. The van der Waals surface area contributed by atoms with E-state index >= 15 is 0 Å². The monoisotopic (exact) mass is 291 g/mol. The first-order chi connectivity index (χ1) is 9.56. The van der Waals surface area contributed by atoms with E-state index in [1.807, 2.05) is 18.2 Å². The fraction of sp³-hybridized carbons (Fsp3) is 0.